The van der Waals surface area contributed by atoms with Crippen LogP contribution in [-0.4, -0.2) is 14.3 Å². The van der Waals surface area contributed by atoms with E-state index in [9.17, 15) is 13.2 Å². The molecule has 1 fully saturated rings. The van der Waals surface area contributed by atoms with Crippen molar-refractivity contribution in [1.29, 1.82) is 0 Å². The molecule has 2 aromatic rings. The van der Waals surface area contributed by atoms with Crippen LogP contribution in [0.15, 0.2) is 41.3 Å². The summed E-state index contributed by atoms with van der Waals surface area (Å²) in [7, 11) is -4.02. The van der Waals surface area contributed by atoms with Crippen molar-refractivity contribution in [2.24, 2.45) is 0 Å². The van der Waals surface area contributed by atoms with Gasteiger partial charge < -0.3 is 0 Å². The maximum atomic E-state index is 12.8. The van der Waals surface area contributed by atoms with Gasteiger partial charge in [-0.2, -0.15) is 0 Å². The fourth-order valence-electron chi connectivity index (χ4n) is 3.13. The van der Waals surface area contributed by atoms with E-state index >= 15 is 0 Å². The highest BCUT2D eigenvalue weighted by molar-refractivity contribution is 7.90. The highest BCUT2D eigenvalue weighted by atomic mass is 35.5. The van der Waals surface area contributed by atoms with Crippen LogP contribution >= 0.6 is 11.6 Å². The molecule has 0 aromatic heterocycles. The molecule has 4 nitrogen and oxygen atoms in total. The maximum absolute atomic E-state index is 12.8. The predicted molar refractivity (Wildman–Crippen MR) is 98.3 cm³/mol. The Bertz CT molecular complexity index is 942. The Kier molecular flexibility index (Phi) is 4.41. The van der Waals surface area contributed by atoms with Gasteiger partial charge in [-0.3, -0.25) is 4.79 Å². The molecule has 0 aliphatic heterocycles. The fourth-order valence-corrected chi connectivity index (χ4v) is 4.76. The zero-order chi connectivity index (χ0) is 18.4. The summed E-state index contributed by atoms with van der Waals surface area (Å²) in [5, 5.41) is 0.138. The van der Waals surface area contributed by atoms with Crippen molar-refractivity contribution >= 4 is 27.5 Å². The maximum Gasteiger partial charge on any atom is 0.265 e. The van der Waals surface area contributed by atoms with Crippen LogP contribution in [0.4, 0.5) is 0 Å². The molecular formula is C19H20ClNO3S. The molecule has 0 saturated heterocycles. The van der Waals surface area contributed by atoms with E-state index in [-0.39, 0.29) is 9.92 Å². The van der Waals surface area contributed by atoms with Gasteiger partial charge in [-0.15, -0.1) is 0 Å². The third kappa shape index (κ3) is 3.31. The molecular weight excluding hydrogens is 358 g/mol. The number of rotatable bonds is 4. The Morgan fingerprint density at radius 2 is 1.68 bits per heavy atom. The van der Waals surface area contributed by atoms with Crippen LogP contribution < -0.4 is 4.72 Å². The van der Waals surface area contributed by atoms with E-state index in [1.54, 1.807) is 19.1 Å². The van der Waals surface area contributed by atoms with Gasteiger partial charge >= 0.3 is 0 Å². The third-order valence-electron chi connectivity index (χ3n) is 4.63. The van der Waals surface area contributed by atoms with Crippen molar-refractivity contribution in [3.8, 4) is 0 Å². The molecule has 6 heteroatoms. The minimum absolute atomic E-state index is 0.0706. The Hall–Kier alpha value is -1.85. The molecule has 1 aliphatic rings. The van der Waals surface area contributed by atoms with Crippen LogP contribution in [0.2, 0.25) is 5.02 Å². The zero-order valence-corrected chi connectivity index (χ0v) is 16.0. The van der Waals surface area contributed by atoms with Crippen LogP contribution in [0.3, 0.4) is 0 Å². The number of benzene rings is 2. The molecule has 2 aromatic carbocycles. The summed E-state index contributed by atoms with van der Waals surface area (Å²) in [6, 6.07) is 10.7. The van der Waals surface area contributed by atoms with Crippen LogP contribution in [0, 0.1) is 20.8 Å². The molecule has 0 radical (unpaired) electrons. The van der Waals surface area contributed by atoms with Gasteiger partial charge in [0.15, 0.2) is 0 Å². The summed E-state index contributed by atoms with van der Waals surface area (Å²) in [6.45, 7) is 5.66. The second kappa shape index (κ2) is 6.15. The summed E-state index contributed by atoms with van der Waals surface area (Å²) in [5.41, 5.74) is 2.86. The van der Waals surface area contributed by atoms with Gasteiger partial charge in [-0.1, -0.05) is 53.1 Å². The standard InChI is InChI=1S/C19H20ClNO3S/c1-12-9-13(2)11-15(10-12)19(7-8-19)18(22)21-25(23,24)16-6-4-5-14(3)17(16)20/h4-6,9-11H,7-8H2,1-3H3,(H,21,22). The van der Waals surface area contributed by atoms with Crippen molar-refractivity contribution in [2.75, 3.05) is 0 Å². The Balaban J connectivity index is 1.92. The monoisotopic (exact) mass is 377 g/mol. The summed E-state index contributed by atoms with van der Waals surface area (Å²) >= 11 is 6.12. The molecule has 1 aliphatic carbocycles. The minimum Gasteiger partial charge on any atom is -0.273 e. The number of amides is 1. The summed E-state index contributed by atoms with van der Waals surface area (Å²) in [4.78, 5) is 12.7. The van der Waals surface area contributed by atoms with Crippen molar-refractivity contribution in [1.82, 2.24) is 4.72 Å². The molecule has 1 saturated carbocycles. The minimum atomic E-state index is -4.02. The predicted octanol–water partition coefficient (Wildman–Crippen LogP) is 3.80. The lowest BCUT2D eigenvalue weighted by molar-refractivity contribution is -0.121. The van der Waals surface area contributed by atoms with E-state index in [2.05, 4.69) is 4.72 Å². The van der Waals surface area contributed by atoms with Crippen LogP contribution in [0.25, 0.3) is 0 Å². The summed E-state index contributed by atoms with van der Waals surface area (Å²) < 4.78 is 27.5. The molecule has 0 heterocycles. The molecule has 0 bridgehead atoms. The van der Waals surface area contributed by atoms with Gasteiger partial charge in [0.1, 0.15) is 4.90 Å². The normalized spacial score (nSPS) is 15.7. The second-order valence-electron chi connectivity index (χ2n) is 6.78. The van der Waals surface area contributed by atoms with E-state index in [0.717, 1.165) is 16.7 Å². The molecule has 132 valence electrons. The molecule has 0 atom stereocenters. The average molecular weight is 378 g/mol. The first-order valence-electron chi connectivity index (χ1n) is 8.07. The first-order chi connectivity index (χ1) is 11.7. The Morgan fingerprint density at radius 1 is 1.08 bits per heavy atom. The van der Waals surface area contributed by atoms with E-state index in [0.29, 0.717) is 18.4 Å². The Morgan fingerprint density at radius 3 is 2.24 bits per heavy atom. The number of hydrogen-bond donors (Lipinski definition) is 1. The topological polar surface area (TPSA) is 63.2 Å². The van der Waals surface area contributed by atoms with Crippen LogP contribution in [-0.2, 0) is 20.2 Å². The third-order valence-corrected chi connectivity index (χ3v) is 6.62. The van der Waals surface area contributed by atoms with E-state index < -0.39 is 21.3 Å². The first-order valence-corrected chi connectivity index (χ1v) is 9.93. The van der Waals surface area contributed by atoms with Gasteiger partial charge in [0.2, 0.25) is 5.91 Å². The smallest absolute Gasteiger partial charge is 0.265 e. The molecule has 3 rings (SSSR count). The van der Waals surface area contributed by atoms with Crippen LogP contribution in [0.5, 0.6) is 0 Å². The van der Waals surface area contributed by atoms with Gasteiger partial charge in [0.05, 0.1) is 10.4 Å². The van der Waals surface area contributed by atoms with E-state index in [1.165, 1.54) is 6.07 Å². The first kappa shape index (κ1) is 18.0. The summed E-state index contributed by atoms with van der Waals surface area (Å²) in [5.74, 6) is -0.491. The van der Waals surface area contributed by atoms with Gasteiger partial charge in [0.25, 0.3) is 10.0 Å². The molecule has 0 unspecified atom stereocenters. The molecule has 1 amide bonds. The number of nitrogens with one attached hydrogen (secondary N) is 1. The quantitative estimate of drug-likeness (QED) is 0.881. The highest BCUT2D eigenvalue weighted by Crippen LogP contribution is 2.49. The number of halogens is 1. The largest absolute Gasteiger partial charge is 0.273 e. The number of hydrogen-bond acceptors (Lipinski definition) is 3. The average Bonchev–Trinajstić information content (AvgIpc) is 3.30. The van der Waals surface area contributed by atoms with Crippen molar-refractivity contribution in [3.05, 3.63) is 63.7 Å². The lowest BCUT2D eigenvalue weighted by atomic mass is 9.92. The highest BCUT2D eigenvalue weighted by Gasteiger charge is 2.52. The number of carbonyl (C=O) groups excluding carboxylic acids is 1. The summed E-state index contributed by atoms with van der Waals surface area (Å²) in [6.07, 6.45) is 1.28. The lowest BCUT2D eigenvalue weighted by Crippen LogP contribution is -2.39. The number of sulfonamides is 1. The van der Waals surface area contributed by atoms with E-state index in [1.807, 2.05) is 32.0 Å². The van der Waals surface area contributed by atoms with Crippen LogP contribution in [0.1, 0.15) is 35.1 Å². The SMILES string of the molecule is Cc1cc(C)cc(C2(C(=O)NS(=O)(=O)c3cccc(C)c3Cl)CC2)c1. The zero-order valence-electron chi connectivity index (χ0n) is 14.4. The number of carbonyl (C=O) groups is 1. The second-order valence-corrected chi connectivity index (χ2v) is 8.81. The van der Waals surface area contributed by atoms with Gasteiger partial charge in [-0.05, 0) is 50.8 Å². The van der Waals surface area contributed by atoms with Crippen molar-refractivity contribution in [3.63, 3.8) is 0 Å². The van der Waals surface area contributed by atoms with E-state index in [4.69, 9.17) is 11.6 Å². The van der Waals surface area contributed by atoms with Crippen molar-refractivity contribution < 1.29 is 13.2 Å². The van der Waals surface area contributed by atoms with Gasteiger partial charge in [0, 0.05) is 0 Å². The Labute approximate surface area is 153 Å². The number of aryl methyl sites for hydroxylation is 3. The fraction of sp³-hybridized carbons (Fsp3) is 0.316. The lowest BCUT2D eigenvalue weighted by Gasteiger charge is -2.18. The van der Waals surface area contributed by atoms with Gasteiger partial charge in [-0.25, -0.2) is 13.1 Å². The van der Waals surface area contributed by atoms with Crippen molar-refractivity contribution in [2.45, 2.75) is 43.9 Å². The molecule has 25 heavy (non-hydrogen) atoms. The molecule has 0 spiro atoms. The molecule has 1 N–H and O–H groups in total.